The molecule has 0 aromatic heterocycles. The first-order valence-electron chi connectivity index (χ1n) is 8.03. The number of hydrogen-bond acceptors (Lipinski definition) is 2. The molecule has 1 saturated heterocycles. The smallest absolute Gasteiger partial charge is 0.254 e. The Hall–Kier alpha value is -1.58. The van der Waals surface area contributed by atoms with Crippen LogP contribution < -0.4 is 5.73 Å². The molecule has 1 aromatic carbocycles. The SMILES string of the molecule is Nc1ccc(C(=O)N2CCCC2C2CCCCC2)cc1F. The Morgan fingerprint density at radius 2 is 1.90 bits per heavy atom. The fourth-order valence-corrected chi connectivity index (χ4v) is 3.88. The molecule has 114 valence electrons. The van der Waals surface area contributed by atoms with Crippen LogP contribution in [0.5, 0.6) is 0 Å². The Kier molecular flexibility index (Phi) is 4.13. The zero-order valence-electron chi connectivity index (χ0n) is 12.4. The van der Waals surface area contributed by atoms with E-state index in [0.717, 1.165) is 19.4 Å². The van der Waals surface area contributed by atoms with Crippen molar-refractivity contribution in [3.05, 3.63) is 29.6 Å². The van der Waals surface area contributed by atoms with Gasteiger partial charge >= 0.3 is 0 Å². The molecule has 3 rings (SSSR count). The summed E-state index contributed by atoms with van der Waals surface area (Å²) in [5, 5.41) is 0. The number of rotatable bonds is 2. The van der Waals surface area contributed by atoms with Crippen molar-refractivity contribution in [2.24, 2.45) is 5.92 Å². The van der Waals surface area contributed by atoms with Gasteiger partial charge in [-0.25, -0.2) is 4.39 Å². The number of likely N-dealkylation sites (tertiary alicyclic amines) is 1. The summed E-state index contributed by atoms with van der Waals surface area (Å²) in [6, 6.07) is 4.73. The maximum Gasteiger partial charge on any atom is 0.254 e. The normalized spacial score (nSPS) is 23.5. The molecule has 1 aliphatic carbocycles. The van der Waals surface area contributed by atoms with Crippen LogP contribution in [0.4, 0.5) is 10.1 Å². The number of carbonyl (C=O) groups is 1. The van der Waals surface area contributed by atoms with Crippen LogP contribution in [-0.4, -0.2) is 23.4 Å². The summed E-state index contributed by atoms with van der Waals surface area (Å²) in [5.74, 6) is 0.0834. The Balaban J connectivity index is 1.77. The molecule has 4 heteroatoms. The van der Waals surface area contributed by atoms with E-state index < -0.39 is 5.82 Å². The largest absolute Gasteiger partial charge is 0.396 e. The van der Waals surface area contributed by atoms with Gasteiger partial charge in [0.2, 0.25) is 0 Å². The number of nitrogens with zero attached hydrogens (tertiary/aromatic N) is 1. The van der Waals surface area contributed by atoms with Gasteiger partial charge in [-0.05, 0) is 49.8 Å². The Morgan fingerprint density at radius 1 is 1.14 bits per heavy atom. The van der Waals surface area contributed by atoms with Crippen molar-refractivity contribution in [1.82, 2.24) is 4.90 Å². The zero-order valence-corrected chi connectivity index (χ0v) is 12.4. The second kappa shape index (κ2) is 6.04. The molecule has 21 heavy (non-hydrogen) atoms. The Morgan fingerprint density at radius 3 is 2.62 bits per heavy atom. The molecule has 2 fully saturated rings. The highest BCUT2D eigenvalue weighted by Gasteiger charge is 2.35. The quantitative estimate of drug-likeness (QED) is 0.846. The lowest BCUT2D eigenvalue weighted by Crippen LogP contribution is -2.40. The van der Waals surface area contributed by atoms with Crippen LogP contribution in [0.3, 0.4) is 0 Å². The molecule has 1 amide bonds. The lowest BCUT2D eigenvalue weighted by molar-refractivity contribution is 0.0661. The highest BCUT2D eigenvalue weighted by Crippen LogP contribution is 2.35. The summed E-state index contributed by atoms with van der Waals surface area (Å²) in [4.78, 5) is 14.7. The van der Waals surface area contributed by atoms with Crippen molar-refractivity contribution in [2.45, 2.75) is 51.0 Å². The van der Waals surface area contributed by atoms with Gasteiger partial charge in [-0.2, -0.15) is 0 Å². The van der Waals surface area contributed by atoms with Gasteiger partial charge in [-0.15, -0.1) is 0 Å². The molecule has 2 N–H and O–H groups in total. The fourth-order valence-electron chi connectivity index (χ4n) is 3.88. The molecule has 1 unspecified atom stereocenters. The van der Waals surface area contributed by atoms with Crippen molar-refractivity contribution < 1.29 is 9.18 Å². The van der Waals surface area contributed by atoms with E-state index in [0.29, 0.717) is 17.5 Å². The number of anilines is 1. The summed E-state index contributed by atoms with van der Waals surface area (Å²) in [5.41, 5.74) is 6.00. The third kappa shape index (κ3) is 2.89. The van der Waals surface area contributed by atoms with Crippen LogP contribution in [0.15, 0.2) is 18.2 Å². The molecule has 3 nitrogen and oxygen atoms in total. The van der Waals surface area contributed by atoms with E-state index in [1.165, 1.54) is 44.2 Å². The van der Waals surface area contributed by atoms with Crippen molar-refractivity contribution in [2.75, 3.05) is 12.3 Å². The van der Waals surface area contributed by atoms with E-state index >= 15 is 0 Å². The van der Waals surface area contributed by atoms with Gasteiger partial charge in [0.05, 0.1) is 5.69 Å². The number of carbonyl (C=O) groups excluding carboxylic acids is 1. The molecule has 0 radical (unpaired) electrons. The van der Waals surface area contributed by atoms with E-state index in [-0.39, 0.29) is 11.6 Å². The van der Waals surface area contributed by atoms with Gasteiger partial charge in [0, 0.05) is 18.2 Å². The first-order chi connectivity index (χ1) is 10.2. The van der Waals surface area contributed by atoms with Crippen LogP contribution >= 0.6 is 0 Å². The van der Waals surface area contributed by atoms with Crippen molar-refractivity contribution in [3.8, 4) is 0 Å². The summed E-state index contributed by atoms with van der Waals surface area (Å²) >= 11 is 0. The number of amides is 1. The molecule has 1 saturated carbocycles. The van der Waals surface area contributed by atoms with Gasteiger partial charge < -0.3 is 10.6 Å². The standard InChI is InChI=1S/C17H23FN2O/c18-14-11-13(8-9-15(14)19)17(21)20-10-4-7-16(20)12-5-2-1-3-6-12/h8-9,11-12,16H,1-7,10,19H2. The van der Waals surface area contributed by atoms with Crippen molar-refractivity contribution >= 4 is 11.6 Å². The highest BCUT2D eigenvalue weighted by atomic mass is 19.1. The molecule has 0 bridgehead atoms. The van der Waals surface area contributed by atoms with E-state index in [2.05, 4.69) is 0 Å². The predicted octanol–water partition coefficient (Wildman–Crippen LogP) is 3.59. The number of hydrogen-bond donors (Lipinski definition) is 1. The maximum atomic E-state index is 13.6. The monoisotopic (exact) mass is 290 g/mol. The topological polar surface area (TPSA) is 46.3 Å². The van der Waals surface area contributed by atoms with Crippen molar-refractivity contribution in [3.63, 3.8) is 0 Å². The van der Waals surface area contributed by atoms with Crippen LogP contribution in [0.1, 0.15) is 55.3 Å². The van der Waals surface area contributed by atoms with Gasteiger partial charge in [-0.1, -0.05) is 19.3 Å². The fraction of sp³-hybridized carbons (Fsp3) is 0.588. The van der Waals surface area contributed by atoms with Crippen LogP contribution in [-0.2, 0) is 0 Å². The van der Waals surface area contributed by atoms with Crippen LogP contribution in [0.2, 0.25) is 0 Å². The van der Waals surface area contributed by atoms with E-state index in [4.69, 9.17) is 5.73 Å². The molecule has 2 aliphatic rings. The highest BCUT2D eigenvalue weighted by molar-refractivity contribution is 5.95. The third-order valence-corrected chi connectivity index (χ3v) is 5.00. The van der Waals surface area contributed by atoms with Gasteiger partial charge in [0.25, 0.3) is 5.91 Å². The summed E-state index contributed by atoms with van der Waals surface area (Å²) in [6.07, 6.45) is 8.48. The van der Waals surface area contributed by atoms with E-state index in [1.807, 2.05) is 4.90 Å². The molecule has 1 aromatic rings. The zero-order chi connectivity index (χ0) is 14.8. The molecule has 1 atom stereocenters. The average molecular weight is 290 g/mol. The van der Waals surface area contributed by atoms with Gasteiger partial charge in [0.1, 0.15) is 5.82 Å². The molecule has 0 spiro atoms. The Labute approximate surface area is 125 Å². The van der Waals surface area contributed by atoms with Crippen LogP contribution in [0, 0.1) is 11.7 Å². The van der Waals surface area contributed by atoms with E-state index in [9.17, 15) is 9.18 Å². The second-order valence-electron chi connectivity index (χ2n) is 6.34. The minimum Gasteiger partial charge on any atom is -0.396 e. The minimum atomic E-state index is -0.505. The number of benzene rings is 1. The maximum absolute atomic E-state index is 13.6. The predicted molar refractivity (Wildman–Crippen MR) is 81.4 cm³/mol. The average Bonchev–Trinajstić information content (AvgIpc) is 2.99. The van der Waals surface area contributed by atoms with Gasteiger partial charge in [-0.3, -0.25) is 4.79 Å². The molecular formula is C17H23FN2O. The number of halogens is 1. The molecular weight excluding hydrogens is 267 g/mol. The first-order valence-corrected chi connectivity index (χ1v) is 8.03. The van der Waals surface area contributed by atoms with Crippen LogP contribution in [0.25, 0.3) is 0 Å². The minimum absolute atomic E-state index is 0.0398. The summed E-state index contributed by atoms with van der Waals surface area (Å²) < 4.78 is 13.6. The van der Waals surface area contributed by atoms with E-state index in [1.54, 1.807) is 6.07 Å². The third-order valence-electron chi connectivity index (χ3n) is 5.00. The Bertz CT molecular complexity index is 526. The first kappa shape index (κ1) is 14.4. The van der Waals surface area contributed by atoms with Gasteiger partial charge in [0.15, 0.2) is 0 Å². The summed E-state index contributed by atoms with van der Waals surface area (Å²) in [7, 11) is 0. The number of nitrogens with two attached hydrogens (primary N) is 1. The second-order valence-corrected chi connectivity index (χ2v) is 6.34. The number of nitrogen functional groups attached to an aromatic ring is 1. The summed E-state index contributed by atoms with van der Waals surface area (Å²) in [6.45, 7) is 0.798. The lowest BCUT2D eigenvalue weighted by Gasteiger charge is -2.34. The molecule has 1 heterocycles. The van der Waals surface area contributed by atoms with Crippen molar-refractivity contribution in [1.29, 1.82) is 0 Å². The lowest BCUT2D eigenvalue weighted by atomic mass is 9.83. The molecule has 1 aliphatic heterocycles.